The maximum absolute atomic E-state index is 4.55. The second-order valence-corrected chi connectivity index (χ2v) is 6.15. The number of fused-ring (bicyclic) bond motifs is 1. The minimum Gasteiger partial charge on any atom is -0.314 e. The molecule has 1 aliphatic rings. The highest BCUT2D eigenvalue weighted by molar-refractivity contribution is 5.85. The number of halogens is 1. The van der Waals surface area contributed by atoms with Crippen molar-refractivity contribution in [2.45, 2.75) is 19.5 Å². The quantitative estimate of drug-likeness (QED) is 0.794. The number of hydrogen-bond donors (Lipinski definition) is 1. The Morgan fingerprint density at radius 1 is 1.25 bits per heavy atom. The van der Waals surface area contributed by atoms with E-state index in [2.05, 4.69) is 62.0 Å². The topological polar surface area (TPSA) is 45.5 Å². The van der Waals surface area contributed by atoms with Gasteiger partial charge < -0.3 is 9.72 Å². The van der Waals surface area contributed by atoms with Gasteiger partial charge in [0.05, 0.1) is 11.9 Å². The van der Waals surface area contributed by atoms with Crippen LogP contribution in [0.15, 0.2) is 49.1 Å². The number of imidazole rings is 1. The van der Waals surface area contributed by atoms with Crippen molar-refractivity contribution in [2.75, 3.05) is 19.6 Å². The molecule has 1 aliphatic heterocycles. The van der Waals surface area contributed by atoms with E-state index in [0.29, 0.717) is 6.04 Å². The van der Waals surface area contributed by atoms with Crippen molar-refractivity contribution < 1.29 is 0 Å². The summed E-state index contributed by atoms with van der Waals surface area (Å²) in [5.41, 5.74) is 4.82. The maximum atomic E-state index is 4.55. The fraction of sp³-hybridized carbons (Fsp3) is 0.333. The zero-order chi connectivity index (χ0) is 15.6. The van der Waals surface area contributed by atoms with Crippen LogP contribution in [0.25, 0.3) is 5.65 Å². The number of aryl methyl sites for hydroxylation is 1. The molecule has 1 unspecified atom stereocenters. The SMILES string of the molecule is Cc1ccn2c(CN3CCNCC3c3ccncc3)cnc2c1.Cl. The number of pyridine rings is 2. The van der Waals surface area contributed by atoms with Gasteiger partial charge in [0, 0.05) is 50.8 Å². The molecule has 0 aromatic carbocycles. The Morgan fingerprint density at radius 2 is 2.08 bits per heavy atom. The summed E-state index contributed by atoms with van der Waals surface area (Å²) < 4.78 is 2.19. The van der Waals surface area contributed by atoms with Crippen LogP contribution in [0.3, 0.4) is 0 Å². The van der Waals surface area contributed by atoms with Gasteiger partial charge in [-0.05, 0) is 42.3 Å². The zero-order valence-electron chi connectivity index (χ0n) is 13.7. The first-order valence-corrected chi connectivity index (χ1v) is 8.08. The molecule has 5 nitrogen and oxygen atoms in total. The Hall–Kier alpha value is -1.95. The van der Waals surface area contributed by atoms with Gasteiger partial charge in [-0.2, -0.15) is 0 Å². The average Bonchev–Trinajstić information content (AvgIpc) is 2.98. The summed E-state index contributed by atoms with van der Waals surface area (Å²) in [6.07, 6.45) is 7.87. The molecule has 0 saturated carbocycles. The second-order valence-electron chi connectivity index (χ2n) is 6.15. The van der Waals surface area contributed by atoms with E-state index in [9.17, 15) is 0 Å². The van der Waals surface area contributed by atoms with Crippen LogP contribution in [0.2, 0.25) is 0 Å². The summed E-state index contributed by atoms with van der Waals surface area (Å²) in [5.74, 6) is 0. The predicted octanol–water partition coefficient (Wildman–Crippen LogP) is 2.61. The van der Waals surface area contributed by atoms with Crippen LogP contribution >= 0.6 is 12.4 Å². The smallest absolute Gasteiger partial charge is 0.137 e. The fourth-order valence-electron chi connectivity index (χ4n) is 3.31. The highest BCUT2D eigenvalue weighted by atomic mass is 35.5. The summed E-state index contributed by atoms with van der Waals surface area (Å²) in [5, 5.41) is 3.50. The van der Waals surface area contributed by atoms with E-state index in [1.54, 1.807) is 0 Å². The number of hydrogen-bond acceptors (Lipinski definition) is 4. The minimum atomic E-state index is 0. The highest BCUT2D eigenvalue weighted by Gasteiger charge is 2.24. The van der Waals surface area contributed by atoms with E-state index in [4.69, 9.17) is 0 Å². The van der Waals surface area contributed by atoms with Crippen molar-refractivity contribution in [3.63, 3.8) is 0 Å². The Bertz CT molecular complexity index is 802. The molecule has 0 amide bonds. The van der Waals surface area contributed by atoms with Crippen molar-refractivity contribution in [3.05, 3.63) is 65.9 Å². The molecule has 4 rings (SSSR count). The Labute approximate surface area is 148 Å². The number of aromatic nitrogens is 3. The first-order chi connectivity index (χ1) is 11.3. The average molecular weight is 344 g/mol. The van der Waals surface area contributed by atoms with Crippen LogP contribution in [-0.4, -0.2) is 38.9 Å². The standard InChI is InChI=1S/C18H21N5.ClH/c1-14-4-8-23-16(11-21-18(23)10-14)13-22-9-7-20-12-17(22)15-2-5-19-6-3-15;/h2-6,8,10-11,17,20H,7,9,12-13H2,1H3;1H. The van der Waals surface area contributed by atoms with Gasteiger partial charge in [0.15, 0.2) is 0 Å². The fourth-order valence-corrected chi connectivity index (χ4v) is 3.31. The van der Waals surface area contributed by atoms with E-state index < -0.39 is 0 Å². The number of nitrogens with one attached hydrogen (secondary N) is 1. The van der Waals surface area contributed by atoms with Crippen molar-refractivity contribution >= 4 is 18.1 Å². The molecule has 126 valence electrons. The van der Waals surface area contributed by atoms with Gasteiger partial charge in [-0.25, -0.2) is 4.98 Å². The van der Waals surface area contributed by atoms with Gasteiger partial charge in [-0.15, -0.1) is 12.4 Å². The van der Waals surface area contributed by atoms with Gasteiger partial charge in [-0.3, -0.25) is 9.88 Å². The lowest BCUT2D eigenvalue weighted by Crippen LogP contribution is -2.45. The Balaban J connectivity index is 0.00000169. The normalized spacial score (nSPS) is 18.5. The first-order valence-electron chi connectivity index (χ1n) is 8.08. The van der Waals surface area contributed by atoms with Crippen LogP contribution < -0.4 is 5.32 Å². The molecule has 0 spiro atoms. The van der Waals surface area contributed by atoms with Crippen molar-refractivity contribution in [1.82, 2.24) is 24.6 Å². The molecule has 24 heavy (non-hydrogen) atoms. The molecule has 3 aromatic rings. The number of piperazine rings is 1. The molecule has 0 radical (unpaired) electrons. The summed E-state index contributed by atoms with van der Waals surface area (Å²) in [6.45, 7) is 6.03. The van der Waals surface area contributed by atoms with Crippen LogP contribution in [0.4, 0.5) is 0 Å². The molecular weight excluding hydrogens is 322 g/mol. The highest BCUT2D eigenvalue weighted by Crippen LogP contribution is 2.24. The molecule has 1 saturated heterocycles. The van der Waals surface area contributed by atoms with E-state index >= 15 is 0 Å². The summed E-state index contributed by atoms with van der Waals surface area (Å²) in [4.78, 5) is 11.2. The Kier molecular flexibility index (Phi) is 5.14. The molecule has 1 fully saturated rings. The lowest BCUT2D eigenvalue weighted by Gasteiger charge is -2.36. The van der Waals surface area contributed by atoms with Crippen molar-refractivity contribution in [1.29, 1.82) is 0 Å². The first kappa shape index (κ1) is 16.9. The van der Waals surface area contributed by atoms with Gasteiger partial charge in [-0.1, -0.05) is 0 Å². The summed E-state index contributed by atoms with van der Waals surface area (Å²) in [7, 11) is 0. The summed E-state index contributed by atoms with van der Waals surface area (Å²) in [6, 6.07) is 8.87. The Morgan fingerprint density at radius 3 is 2.92 bits per heavy atom. The number of rotatable bonds is 3. The largest absolute Gasteiger partial charge is 0.314 e. The predicted molar refractivity (Wildman–Crippen MR) is 97.4 cm³/mol. The van der Waals surface area contributed by atoms with Gasteiger partial charge in [0.2, 0.25) is 0 Å². The van der Waals surface area contributed by atoms with Gasteiger partial charge in [0.25, 0.3) is 0 Å². The van der Waals surface area contributed by atoms with Gasteiger partial charge in [0.1, 0.15) is 5.65 Å². The lowest BCUT2D eigenvalue weighted by atomic mass is 10.0. The zero-order valence-corrected chi connectivity index (χ0v) is 14.5. The third-order valence-corrected chi connectivity index (χ3v) is 4.56. The molecule has 0 bridgehead atoms. The molecule has 3 aromatic heterocycles. The van der Waals surface area contributed by atoms with Crippen LogP contribution in [0, 0.1) is 6.92 Å². The van der Waals surface area contributed by atoms with E-state index in [1.807, 2.05) is 18.6 Å². The molecular formula is C18H22ClN5. The maximum Gasteiger partial charge on any atom is 0.137 e. The van der Waals surface area contributed by atoms with Crippen LogP contribution in [0.5, 0.6) is 0 Å². The molecule has 1 N–H and O–H groups in total. The monoisotopic (exact) mass is 343 g/mol. The third-order valence-electron chi connectivity index (χ3n) is 4.56. The molecule has 6 heteroatoms. The van der Waals surface area contributed by atoms with Crippen molar-refractivity contribution in [3.8, 4) is 0 Å². The van der Waals surface area contributed by atoms with Crippen LogP contribution in [-0.2, 0) is 6.54 Å². The minimum absolute atomic E-state index is 0. The van der Waals surface area contributed by atoms with Crippen LogP contribution in [0.1, 0.15) is 22.9 Å². The number of nitrogens with zero attached hydrogens (tertiary/aromatic N) is 4. The lowest BCUT2D eigenvalue weighted by molar-refractivity contribution is 0.151. The molecule has 1 atom stereocenters. The van der Waals surface area contributed by atoms with Crippen molar-refractivity contribution in [2.24, 2.45) is 0 Å². The summed E-state index contributed by atoms with van der Waals surface area (Å²) >= 11 is 0. The van der Waals surface area contributed by atoms with E-state index in [1.165, 1.54) is 16.8 Å². The van der Waals surface area contributed by atoms with E-state index in [-0.39, 0.29) is 12.4 Å². The third kappa shape index (κ3) is 3.29. The molecule has 4 heterocycles. The van der Waals surface area contributed by atoms with Gasteiger partial charge >= 0.3 is 0 Å². The second kappa shape index (κ2) is 7.30. The van der Waals surface area contributed by atoms with E-state index in [0.717, 1.165) is 31.8 Å². The molecule has 0 aliphatic carbocycles.